The number of benzene rings is 1. The van der Waals surface area contributed by atoms with E-state index in [1.165, 1.54) is 0 Å². The van der Waals surface area contributed by atoms with E-state index in [1.54, 1.807) is 6.20 Å². The van der Waals surface area contributed by atoms with Crippen molar-refractivity contribution in [3.8, 4) is 11.4 Å². The molecule has 2 aliphatic rings. The fourth-order valence-corrected chi connectivity index (χ4v) is 4.52. The summed E-state index contributed by atoms with van der Waals surface area (Å²) in [5.41, 5.74) is 7.32. The molecular weight excluding hydrogens is 408 g/mol. The Labute approximate surface area is 186 Å². The molecule has 5 rings (SSSR count). The van der Waals surface area contributed by atoms with E-state index >= 15 is 0 Å². The Hall–Kier alpha value is -3.27. The van der Waals surface area contributed by atoms with E-state index in [0.717, 1.165) is 61.8 Å². The van der Waals surface area contributed by atoms with Crippen molar-refractivity contribution in [3.05, 3.63) is 24.4 Å². The van der Waals surface area contributed by atoms with Crippen molar-refractivity contribution in [2.75, 3.05) is 43.1 Å². The van der Waals surface area contributed by atoms with Gasteiger partial charge in [0.05, 0.1) is 24.9 Å². The van der Waals surface area contributed by atoms with Crippen LogP contribution in [0.15, 0.2) is 24.4 Å². The zero-order valence-electron chi connectivity index (χ0n) is 18.0. The third kappa shape index (κ3) is 4.36. The molecule has 168 valence electrons. The van der Waals surface area contributed by atoms with Crippen LogP contribution in [-0.2, 0) is 9.53 Å². The van der Waals surface area contributed by atoms with E-state index in [9.17, 15) is 4.79 Å². The van der Waals surface area contributed by atoms with Gasteiger partial charge in [0.15, 0.2) is 5.82 Å². The molecule has 32 heavy (non-hydrogen) atoms. The van der Waals surface area contributed by atoms with Crippen LogP contribution in [0.3, 0.4) is 0 Å². The molecule has 0 spiro atoms. The number of carbonyl (C=O) groups excluding carboxylic acids is 1. The first kappa shape index (κ1) is 20.6. The minimum atomic E-state index is -0.179. The first-order valence-electron chi connectivity index (χ1n) is 11.2. The number of H-pyrrole nitrogens is 1. The predicted octanol–water partition coefficient (Wildman–Crippen LogP) is 1.96. The zero-order chi connectivity index (χ0) is 21.9. The Kier molecular flexibility index (Phi) is 5.85. The van der Waals surface area contributed by atoms with Gasteiger partial charge in [0.25, 0.3) is 0 Å². The van der Waals surface area contributed by atoms with Gasteiger partial charge in [-0.15, -0.1) is 0 Å². The van der Waals surface area contributed by atoms with Crippen LogP contribution in [0.2, 0.25) is 0 Å². The van der Waals surface area contributed by atoms with Gasteiger partial charge in [-0.1, -0.05) is 12.1 Å². The van der Waals surface area contributed by atoms with Gasteiger partial charge in [-0.2, -0.15) is 20.1 Å². The molecule has 4 N–H and O–H groups in total. The van der Waals surface area contributed by atoms with Gasteiger partial charge in [-0.3, -0.25) is 9.89 Å². The predicted molar refractivity (Wildman–Crippen MR) is 121 cm³/mol. The second-order valence-corrected chi connectivity index (χ2v) is 8.52. The average Bonchev–Trinajstić information content (AvgIpc) is 3.32. The van der Waals surface area contributed by atoms with Crippen LogP contribution >= 0.6 is 0 Å². The van der Waals surface area contributed by atoms with Gasteiger partial charge in [0.1, 0.15) is 0 Å². The summed E-state index contributed by atoms with van der Waals surface area (Å²) >= 11 is 0. The molecule has 3 aromatic rings. The van der Waals surface area contributed by atoms with Crippen LogP contribution in [0.25, 0.3) is 22.3 Å². The number of hydrogen-bond acceptors (Lipinski definition) is 8. The van der Waals surface area contributed by atoms with E-state index in [0.29, 0.717) is 36.9 Å². The monoisotopic (exact) mass is 436 g/mol. The summed E-state index contributed by atoms with van der Waals surface area (Å²) < 4.78 is 5.49. The maximum atomic E-state index is 11.4. The number of nitrogens with zero attached hydrogens (tertiary/aromatic N) is 5. The van der Waals surface area contributed by atoms with Crippen LogP contribution in [0.5, 0.6) is 0 Å². The summed E-state index contributed by atoms with van der Waals surface area (Å²) in [6.45, 7) is 3.56. The van der Waals surface area contributed by atoms with E-state index < -0.39 is 0 Å². The smallest absolute Gasteiger partial charge is 0.230 e. The largest absolute Gasteiger partial charge is 0.378 e. The summed E-state index contributed by atoms with van der Waals surface area (Å²) in [5.74, 6) is 2.14. The standard InChI is InChI=1S/C22H28N8O2/c23-19(31)15-6-4-14(5-7-15)12-24-21-26-20(16-2-1-3-18-17(16)13-25-29-18)27-22(28-21)30-8-10-32-11-9-30/h1-3,13-15H,4-12H2,(H2,23,31)(H,25,29)(H,24,26,27,28). The lowest BCUT2D eigenvalue weighted by Crippen LogP contribution is -2.37. The van der Waals surface area contributed by atoms with Crippen molar-refractivity contribution in [2.45, 2.75) is 25.7 Å². The molecule has 2 fully saturated rings. The summed E-state index contributed by atoms with van der Waals surface area (Å²) in [7, 11) is 0. The number of ether oxygens (including phenoxy) is 1. The molecule has 1 saturated carbocycles. The van der Waals surface area contributed by atoms with Crippen molar-refractivity contribution >= 4 is 28.7 Å². The van der Waals surface area contributed by atoms with Gasteiger partial charge < -0.3 is 20.7 Å². The number of nitrogens with two attached hydrogens (primary N) is 1. The van der Waals surface area contributed by atoms with Crippen LogP contribution < -0.4 is 16.0 Å². The lowest BCUT2D eigenvalue weighted by molar-refractivity contribution is -0.122. The molecule has 1 saturated heterocycles. The van der Waals surface area contributed by atoms with Gasteiger partial charge in [-0.25, -0.2) is 0 Å². The molecule has 0 bridgehead atoms. The van der Waals surface area contributed by atoms with E-state index in [1.807, 2.05) is 18.2 Å². The quantitative estimate of drug-likeness (QED) is 0.534. The highest BCUT2D eigenvalue weighted by atomic mass is 16.5. The van der Waals surface area contributed by atoms with Crippen LogP contribution in [0, 0.1) is 11.8 Å². The molecular formula is C22H28N8O2. The Morgan fingerprint density at radius 3 is 2.75 bits per heavy atom. The maximum Gasteiger partial charge on any atom is 0.230 e. The molecule has 1 aliphatic carbocycles. The summed E-state index contributed by atoms with van der Waals surface area (Å²) in [6, 6.07) is 5.96. The Morgan fingerprint density at radius 1 is 1.16 bits per heavy atom. The topological polar surface area (TPSA) is 135 Å². The second-order valence-electron chi connectivity index (χ2n) is 8.52. The Balaban J connectivity index is 1.40. The minimum Gasteiger partial charge on any atom is -0.378 e. The molecule has 3 heterocycles. The summed E-state index contributed by atoms with van der Waals surface area (Å²) in [4.78, 5) is 27.8. The number of anilines is 2. The fourth-order valence-electron chi connectivity index (χ4n) is 4.52. The Morgan fingerprint density at radius 2 is 1.97 bits per heavy atom. The zero-order valence-corrected chi connectivity index (χ0v) is 18.0. The van der Waals surface area contributed by atoms with Crippen molar-refractivity contribution in [3.63, 3.8) is 0 Å². The van der Waals surface area contributed by atoms with Gasteiger partial charge in [0, 0.05) is 36.5 Å². The van der Waals surface area contributed by atoms with Crippen molar-refractivity contribution in [1.29, 1.82) is 0 Å². The molecule has 2 aromatic heterocycles. The van der Waals surface area contributed by atoms with Crippen LogP contribution in [0.1, 0.15) is 25.7 Å². The van der Waals surface area contributed by atoms with E-state index in [4.69, 9.17) is 25.4 Å². The van der Waals surface area contributed by atoms with E-state index in [-0.39, 0.29) is 11.8 Å². The number of aromatic amines is 1. The molecule has 1 amide bonds. The van der Waals surface area contributed by atoms with Crippen molar-refractivity contribution < 1.29 is 9.53 Å². The number of rotatable bonds is 6. The molecule has 0 radical (unpaired) electrons. The lowest BCUT2D eigenvalue weighted by Gasteiger charge is -2.28. The SMILES string of the molecule is NC(=O)C1CCC(CNc2nc(-c3cccc4[nH]ncc34)nc(N3CCOCC3)n2)CC1. The number of nitrogens with one attached hydrogen (secondary N) is 2. The minimum absolute atomic E-state index is 0.0124. The van der Waals surface area contributed by atoms with Crippen molar-refractivity contribution in [2.24, 2.45) is 17.6 Å². The number of carbonyl (C=O) groups is 1. The first-order valence-corrected chi connectivity index (χ1v) is 11.2. The highest BCUT2D eigenvalue weighted by Gasteiger charge is 2.25. The average molecular weight is 437 g/mol. The number of morpholine rings is 1. The molecule has 0 atom stereocenters. The van der Waals surface area contributed by atoms with Crippen LogP contribution in [-0.4, -0.2) is 63.9 Å². The molecule has 1 aromatic carbocycles. The highest BCUT2D eigenvalue weighted by Crippen LogP contribution is 2.30. The summed E-state index contributed by atoms with van der Waals surface area (Å²) in [5, 5.41) is 11.6. The third-order valence-electron chi connectivity index (χ3n) is 6.44. The summed E-state index contributed by atoms with van der Waals surface area (Å²) in [6.07, 6.45) is 5.46. The number of hydrogen-bond donors (Lipinski definition) is 3. The second kappa shape index (κ2) is 9.07. The first-order chi connectivity index (χ1) is 15.7. The highest BCUT2D eigenvalue weighted by molar-refractivity contribution is 5.92. The number of aromatic nitrogens is 5. The number of primary amides is 1. The normalized spacial score (nSPS) is 21.6. The fraction of sp³-hybridized carbons (Fsp3) is 0.500. The van der Waals surface area contributed by atoms with E-state index in [2.05, 4.69) is 20.4 Å². The van der Waals surface area contributed by atoms with Crippen molar-refractivity contribution in [1.82, 2.24) is 25.1 Å². The van der Waals surface area contributed by atoms with Gasteiger partial charge >= 0.3 is 0 Å². The molecule has 10 nitrogen and oxygen atoms in total. The molecule has 10 heteroatoms. The molecule has 1 aliphatic heterocycles. The van der Waals surface area contributed by atoms with Crippen LogP contribution in [0.4, 0.5) is 11.9 Å². The molecule has 0 unspecified atom stereocenters. The number of amides is 1. The maximum absolute atomic E-state index is 11.4. The Bertz CT molecular complexity index is 1090. The van der Waals surface area contributed by atoms with Gasteiger partial charge in [0.2, 0.25) is 17.8 Å². The number of fused-ring (bicyclic) bond motifs is 1. The third-order valence-corrected chi connectivity index (χ3v) is 6.44. The van der Waals surface area contributed by atoms with Gasteiger partial charge in [-0.05, 0) is 37.7 Å². The lowest BCUT2D eigenvalue weighted by atomic mass is 9.82.